The number of nitriles is 2. The number of benzene rings is 5. The molecule has 0 saturated carbocycles. The zero-order valence-corrected chi connectivity index (χ0v) is 26.5. The molecule has 218 valence electrons. The third-order valence-electron chi connectivity index (χ3n) is 11.7. The van der Waals surface area contributed by atoms with Gasteiger partial charge in [0.15, 0.2) is 0 Å². The lowest BCUT2D eigenvalue weighted by Gasteiger charge is -2.44. The monoisotopic (exact) mass is 582 g/mol. The average molecular weight is 583 g/mol. The Morgan fingerprint density at radius 1 is 0.444 bits per heavy atom. The Morgan fingerprint density at radius 2 is 0.711 bits per heavy atom. The summed E-state index contributed by atoms with van der Waals surface area (Å²) in [5.74, 6) is 0. The van der Waals surface area contributed by atoms with E-state index in [2.05, 4.69) is 160 Å². The number of hydrogen-bond acceptors (Lipinski definition) is 2. The molecule has 45 heavy (non-hydrogen) atoms. The highest BCUT2D eigenvalue weighted by molar-refractivity contribution is 6.12. The molecule has 2 aromatic heterocycles. The number of hydrogen-bond donors (Lipinski definition) is 0. The van der Waals surface area contributed by atoms with Crippen molar-refractivity contribution in [2.75, 3.05) is 0 Å². The van der Waals surface area contributed by atoms with Crippen LogP contribution in [0.4, 0.5) is 0 Å². The molecule has 0 radical (unpaired) electrons. The van der Waals surface area contributed by atoms with Crippen LogP contribution in [0, 0.1) is 28.1 Å². The molecular weight excluding hydrogens is 548 g/mol. The maximum atomic E-state index is 11.4. The van der Waals surface area contributed by atoms with E-state index in [4.69, 9.17) is 0 Å². The lowest BCUT2D eigenvalue weighted by atomic mass is 9.59. The molecule has 0 atom stereocenters. The summed E-state index contributed by atoms with van der Waals surface area (Å²) in [6, 6.07) is 39.1. The quantitative estimate of drug-likeness (QED) is 0.204. The van der Waals surface area contributed by atoms with Gasteiger partial charge in [0, 0.05) is 21.5 Å². The lowest BCUT2D eigenvalue weighted by molar-refractivity contribution is 0.125. The van der Waals surface area contributed by atoms with Crippen LogP contribution in [0.3, 0.4) is 0 Å². The molecule has 0 N–H and O–H groups in total. The molecule has 0 saturated heterocycles. The first-order chi connectivity index (χ1) is 21.6. The fourth-order valence-corrected chi connectivity index (χ4v) is 8.36. The van der Waals surface area contributed by atoms with Gasteiger partial charge in [-0.25, -0.2) is 0 Å². The fraction of sp³-hybridized carbons (Fsp3) is 0.220. The molecule has 0 amide bonds. The summed E-state index contributed by atoms with van der Waals surface area (Å²) in [5, 5.41) is 27.2. The maximum Gasteiger partial charge on any atom is 0.102 e. The summed E-state index contributed by atoms with van der Waals surface area (Å²) >= 11 is 0. The van der Waals surface area contributed by atoms with Crippen LogP contribution in [-0.2, 0) is 10.8 Å². The summed E-state index contributed by atoms with van der Waals surface area (Å²) < 4.78 is 4.50. The smallest absolute Gasteiger partial charge is 0.102 e. The molecule has 0 fully saturated rings. The number of rotatable bonds is 2. The molecule has 0 bridgehead atoms. The molecule has 0 unspecified atom stereocenters. The van der Waals surface area contributed by atoms with E-state index in [9.17, 15) is 10.5 Å². The molecule has 0 spiro atoms. The third kappa shape index (κ3) is 3.14. The molecule has 4 heteroatoms. The van der Waals surface area contributed by atoms with Gasteiger partial charge in [-0.15, -0.1) is 0 Å². The minimum Gasteiger partial charge on any atom is -0.306 e. The second-order valence-corrected chi connectivity index (χ2v) is 14.0. The summed E-state index contributed by atoms with van der Waals surface area (Å²) in [6.45, 7) is 13.6. The Hall–Kier alpha value is -5.32. The maximum absolute atomic E-state index is 11.4. The van der Waals surface area contributed by atoms with E-state index in [1.54, 1.807) is 0 Å². The van der Waals surface area contributed by atoms with Gasteiger partial charge < -0.3 is 9.13 Å². The highest BCUT2D eigenvalue weighted by atomic mass is 15.1. The predicted molar refractivity (Wildman–Crippen MR) is 184 cm³/mol. The first kappa shape index (κ1) is 27.2. The van der Waals surface area contributed by atoms with Crippen molar-refractivity contribution in [3.8, 4) is 23.5 Å². The molecule has 1 aliphatic carbocycles. The van der Waals surface area contributed by atoms with Crippen LogP contribution >= 0.6 is 0 Å². The largest absolute Gasteiger partial charge is 0.306 e. The van der Waals surface area contributed by atoms with Crippen LogP contribution in [0.15, 0.2) is 97.1 Å². The van der Waals surface area contributed by atoms with E-state index in [-0.39, 0.29) is 5.41 Å². The van der Waals surface area contributed by atoms with Crippen molar-refractivity contribution in [2.24, 2.45) is 5.41 Å². The lowest BCUT2D eigenvalue weighted by Crippen LogP contribution is -2.42. The van der Waals surface area contributed by atoms with Crippen LogP contribution in [0.5, 0.6) is 0 Å². The van der Waals surface area contributed by atoms with Crippen molar-refractivity contribution in [1.82, 2.24) is 9.13 Å². The van der Waals surface area contributed by atoms with Crippen LogP contribution < -0.4 is 0 Å². The molecule has 8 rings (SSSR count). The number of nitrogens with zero attached hydrogens (tertiary/aromatic N) is 4. The van der Waals surface area contributed by atoms with E-state index < -0.39 is 10.8 Å². The van der Waals surface area contributed by atoms with Gasteiger partial charge in [0.1, 0.15) is 12.1 Å². The van der Waals surface area contributed by atoms with Gasteiger partial charge in [-0.2, -0.15) is 10.5 Å². The fourth-order valence-electron chi connectivity index (χ4n) is 8.36. The van der Waals surface area contributed by atoms with E-state index >= 15 is 0 Å². The highest BCUT2D eigenvalue weighted by Gasteiger charge is 2.60. The Balaban J connectivity index is 1.73. The van der Waals surface area contributed by atoms with Gasteiger partial charge in [0.05, 0.1) is 44.6 Å². The van der Waals surface area contributed by atoms with Crippen molar-refractivity contribution >= 4 is 43.6 Å². The van der Waals surface area contributed by atoms with E-state index in [0.29, 0.717) is 11.1 Å². The summed E-state index contributed by atoms with van der Waals surface area (Å²) in [5.41, 5.74) is 7.76. The normalized spacial score (nSPS) is 16.3. The Bertz CT molecular complexity index is 2200. The van der Waals surface area contributed by atoms with Crippen molar-refractivity contribution in [2.45, 2.75) is 52.4 Å². The second-order valence-electron chi connectivity index (χ2n) is 14.0. The van der Waals surface area contributed by atoms with Crippen molar-refractivity contribution in [3.05, 3.63) is 119 Å². The van der Waals surface area contributed by atoms with Crippen LogP contribution in [0.2, 0.25) is 0 Å². The minimum absolute atomic E-state index is 0.253. The highest BCUT2D eigenvalue weighted by Crippen LogP contribution is 2.64. The Kier molecular flexibility index (Phi) is 5.37. The van der Waals surface area contributed by atoms with Gasteiger partial charge in [0.2, 0.25) is 0 Å². The van der Waals surface area contributed by atoms with Crippen LogP contribution in [0.25, 0.3) is 55.0 Å². The Morgan fingerprint density at radius 3 is 0.978 bits per heavy atom. The molecule has 5 aromatic carbocycles. The summed E-state index contributed by atoms with van der Waals surface area (Å²) in [4.78, 5) is 0. The molecular formula is C41H34N4. The van der Waals surface area contributed by atoms with Crippen molar-refractivity contribution in [3.63, 3.8) is 0 Å². The van der Waals surface area contributed by atoms with Gasteiger partial charge in [-0.05, 0) is 51.6 Å². The number of fused-ring (bicyclic) bond motifs is 7. The minimum atomic E-state index is -0.393. The zero-order chi connectivity index (χ0) is 31.5. The van der Waals surface area contributed by atoms with Crippen LogP contribution in [-0.4, -0.2) is 9.13 Å². The number of aromatic nitrogens is 2. The second kappa shape index (κ2) is 8.87. The van der Waals surface area contributed by atoms with Crippen LogP contribution in [0.1, 0.15) is 63.8 Å². The van der Waals surface area contributed by atoms with Crippen molar-refractivity contribution in [1.29, 1.82) is 10.5 Å². The third-order valence-corrected chi connectivity index (χ3v) is 11.7. The van der Waals surface area contributed by atoms with Gasteiger partial charge in [0.25, 0.3) is 0 Å². The first-order valence-corrected chi connectivity index (χ1v) is 15.6. The SMILES string of the molecule is CC1(C)c2c(C#N)c(-n3c4ccccc4c4ccccc43)c(-n3c4ccccc4c4ccccc43)c(C#N)c2C(C)(C)C1(C)C. The molecule has 4 nitrogen and oxygen atoms in total. The first-order valence-electron chi connectivity index (χ1n) is 15.6. The van der Waals surface area contributed by atoms with Gasteiger partial charge in [-0.1, -0.05) is 114 Å². The Labute approximate surface area is 263 Å². The van der Waals surface area contributed by atoms with Crippen molar-refractivity contribution < 1.29 is 0 Å². The van der Waals surface area contributed by atoms with Gasteiger partial charge in [-0.3, -0.25) is 0 Å². The average Bonchev–Trinajstić information content (AvgIpc) is 3.59. The number of para-hydroxylation sites is 4. The topological polar surface area (TPSA) is 57.4 Å². The molecule has 2 heterocycles. The van der Waals surface area contributed by atoms with E-state index in [1.807, 2.05) is 0 Å². The molecule has 0 aliphatic heterocycles. The predicted octanol–water partition coefficient (Wildman–Crippen LogP) is 10.2. The van der Waals surface area contributed by atoms with Gasteiger partial charge >= 0.3 is 0 Å². The molecule has 1 aliphatic rings. The zero-order valence-electron chi connectivity index (χ0n) is 26.5. The van der Waals surface area contributed by atoms with E-state index in [0.717, 1.165) is 66.1 Å². The summed E-state index contributed by atoms with van der Waals surface area (Å²) in [7, 11) is 0. The standard InChI is InChI=1S/C41H34N4/c1-39(2)35-29(23-42)37(44-31-19-11-7-15-25(31)26-16-8-12-20-32(26)44)38(30(24-43)36(35)40(3,4)41(39,5)6)45-33-21-13-9-17-27(33)28-18-10-14-22-34(28)45/h7-22H,1-6H3. The van der Waals surface area contributed by atoms with E-state index in [1.165, 1.54) is 0 Å². The summed E-state index contributed by atoms with van der Waals surface area (Å²) in [6.07, 6.45) is 0. The molecule has 7 aromatic rings.